The first-order valence-corrected chi connectivity index (χ1v) is 13.2. The molecule has 170 valence electrons. The van der Waals surface area contributed by atoms with Crippen molar-refractivity contribution in [2.24, 2.45) is 46.8 Å². The number of esters is 1. The summed E-state index contributed by atoms with van der Waals surface area (Å²) < 4.78 is 5.60. The third-order valence-electron chi connectivity index (χ3n) is 9.94. The van der Waals surface area contributed by atoms with Gasteiger partial charge in [0.15, 0.2) is 0 Å². The maximum atomic E-state index is 11.4. The first kappa shape index (κ1) is 22.4. The predicted molar refractivity (Wildman–Crippen MR) is 124 cm³/mol. The fourth-order valence-electron chi connectivity index (χ4n) is 8.43. The lowest BCUT2D eigenvalue weighted by Gasteiger charge is -2.55. The zero-order chi connectivity index (χ0) is 21.5. The molecule has 0 aliphatic heterocycles. The minimum Gasteiger partial charge on any atom is -0.462 e. The molecule has 4 aliphatic carbocycles. The van der Waals surface area contributed by atoms with Crippen molar-refractivity contribution in [2.75, 3.05) is 0 Å². The molecule has 0 amide bonds. The molecule has 30 heavy (non-hydrogen) atoms. The van der Waals surface area contributed by atoms with E-state index in [-0.39, 0.29) is 12.1 Å². The van der Waals surface area contributed by atoms with E-state index in [0.717, 1.165) is 54.3 Å². The zero-order valence-corrected chi connectivity index (χ0v) is 20.3. The largest absolute Gasteiger partial charge is 0.462 e. The minimum atomic E-state index is -0.113. The molecule has 8 atom stereocenters. The van der Waals surface area contributed by atoms with Gasteiger partial charge in [-0.1, -0.05) is 58.6 Å². The molecule has 5 unspecified atom stereocenters. The van der Waals surface area contributed by atoms with Gasteiger partial charge in [-0.15, -0.1) is 0 Å². The van der Waals surface area contributed by atoms with Gasteiger partial charge >= 0.3 is 5.97 Å². The van der Waals surface area contributed by atoms with Crippen LogP contribution in [0.5, 0.6) is 0 Å². The molecule has 0 heterocycles. The third kappa shape index (κ3) is 4.26. The van der Waals surface area contributed by atoms with Gasteiger partial charge < -0.3 is 4.74 Å². The van der Waals surface area contributed by atoms with E-state index < -0.39 is 0 Å². The fourth-order valence-corrected chi connectivity index (χ4v) is 8.43. The van der Waals surface area contributed by atoms with Crippen LogP contribution < -0.4 is 0 Å². The number of fused-ring (bicyclic) bond motifs is 5. The van der Waals surface area contributed by atoms with Crippen molar-refractivity contribution >= 4 is 5.97 Å². The lowest BCUT2D eigenvalue weighted by Crippen LogP contribution is -2.48. The van der Waals surface area contributed by atoms with E-state index in [2.05, 4.69) is 33.8 Å². The van der Waals surface area contributed by atoms with Crippen LogP contribution in [0.2, 0.25) is 0 Å². The van der Waals surface area contributed by atoms with Gasteiger partial charge in [-0.05, 0) is 91.8 Å². The highest BCUT2D eigenvalue weighted by molar-refractivity contribution is 5.66. The second-order valence-electron chi connectivity index (χ2n) is 12.1. The van der Waals surface area contributed by atoms with Crippen LogP contribution in [0.15, 0.2) is 11.6 Å². The number of carbonyl (C=O) groups excluding carboxylic acids is 1. The lowest BCUT2D eigenvalue weighted by atomic mass is 9.50. The lowest BCUT2D eigenvalue weighted by molar-refractivity contribution is -0.148. The van der Waals surface area contributed by atoms with E-state index in [9.17, 15) is 4.79 Å². The van der Waals surface area contributed by atoms with Crippen LogP contribution in [-0.2, 0) is 9.53 Å². The van der Waals surface area contributed by atoms with Crippen molar-refractivity contribution in [1.82, 2.24) is 0 Å². The maximum Gasteiger partial charge on any atom is 0.302 e. The Morgan fingerprint density at radius 1 is 1.07 bits per heavy atom. The van der Waals surface area contributed by atoms with Gasteiger partial charge in [-0.3, -0.25) is 4.79 Å². The minimum absolute atomic E-state index is 0.113. The second kappa shape index (κ2) is 8.99. The van der Waals surface area contributed by atoms with Crippen LogP contribution in [0.4, 0.5) is 0 Å². The van der Waals surface area contributed by atoms with Crippen molar-refractivity contribution in [2.45, 2.75) is 111 Å². The van der Waals surface area contributed by atoms with Crippen LogP contribution in [0, 0.1) is 46.8 Å². The number of hydrogen-bond donors (Lipinski definition) is 0. The average molecular weight is 415 g/mol. The Kier molecular flexibility index (Phi) is 6.71. The molecule has 0 aromatic carbocycles. The topological polar surface area (TPSA) is 26.3 Å². The number of rotatable bonds is 6. The molecule has 0 N–H and O–H groups in total. The molecular formula is C28H46O2. The smallest absolute Gasteiger partial charge is 0.302 e. The van der Waals surface area contributed by atoms with Crippen LogP contribution in [0.25, 0.3) is 0 Å². The van der Waals surface area contributed by atoms with Gasteiger partial charge in [-0.2, -0.15) is 0 Å². The third-order valence-corrected chi connectivity index (χ3v) is 9.94. The Morgan fingerprint density at radius 3 is 2.57 bits per heavy atom. The molecule has 0 spiro atoms. The van der Waals surface area contributed by atoms with E-state index in [4.69, 9.17) is 4.74 Å². The second-order valence-corrected chi connectivity index (χ2v) is 12.1. The van der Waals surface area contributed by atoms with Gasteiger partial charge in [0.2, 0.25) is 0 Å². The summed E-state index contributed by atoms with van der Waals surface area (Å²) in [6, 6.07) is 0. The van der Waals surface area contributed by atoms with E-state index in [1.54, 1.807) is 12.5 Å². The molecular weight excluding hydrogens is 368 g/mol. The highest BCUT2D eigenvalue weighted by Gasteiger charge is 2.54. The van der Waals surface area contributed by atoms with Crippen molar-refractivity contribution in [1.29, 1.82) is 0 Å². The molecule has 4 aliphatic rings. The van der Waals surface area contributed by atoms with E-state index in [1.807, 2.05) is 0 Å². The molecule has 0 aromatic heterocycles. The number of hydrogen-bond acceptors (Lipinski definition) is 2. The fraction of sp³-hybridized carbons (Fsp3) is 0.893. The van der Waals surface area contributed by atoms with E-state index in [0.29, 0.717) is 5.41 Å². The SMILES string of the molecule is CC(=O)O[C@H]1CC[C@@]2(C)C(=CCC3C4CC[C@H](C(C)CCCC(C)C)C4CCC32)C1. The summed E-state index contributed by atoms with van der Waals surface area (Å²) in [6.07, 6.45) is 17.4. The zero-order valence-electron chi connectivity index (χ0n) is 20.3. The van der Waals surface area contributed by atoms with Gasteiger partial charge in [0.05, 0.1) is 0 Å². The molecule has 3 saturated carbocycles. The highest BCUT2D eigenvalue weighted by atomic mass is 16.5. The number of ether oxygens (including phenoxy) is 1. The Hall–Kier alpha value is -0.790. The average Bonchev–Trinajstić information content (AvgIpc) is 3.12. The molecule has 2 nitrogen and oxygen atoms in total. The number of carbonyl (C=O) groups is 1. The van der Waals surface area contributed by atoms with Gasteiger partial charge in [0, 0.05) is 13.3 Å². The first-order chi connectivity index (χ1) is 14.3. The Labute approximate surface area is 185 Å². The monoisotopic (exact) mass is 414 g/mol. The summed E-state index contributed by atoms with van der Waals surface area (Å²) in [5, 5.41) is 0. The summed E-state index contributed by atoms with van der Waals surface area (Å²) in [6.45, 7) is 11.4. The summed E-state index contributed by atoms with van der Waals surface area (Å²) in [7, 11) is 0. The Balaban J connectivity index is 1.42. The summed E-state index contributed by atoms with van der Waals surface area (Å²) >= 11 is 0. The van der Waals surface area contributed by atoms with Crippen molar-refractivity contribution in [3.05, 3.63) is 11.6 Å². The van der Waals surface area contributed by atoms with E-state index in [1.165, 1.54) is 57.8 Å². The van der Waals surface area contributed by atoms with Crippen molar-refractivity contribution < 1.29 is 9.53 Å². The van der Waals surface area contributed by atoms with Gasteiger partial charge in [-0.25, -0.2) is 0 Å². The summed E-state index contributed by atoms with van der Waals surface area (Å²) in [4.78, 5) is 11.4. The summed E-state index contributed by atoms with van der Waals surface area (Å²) in [5.41, 5.74) is 1.99. The maximum absolute atomic E-state index is 11.4. The quantitative estimate of drug-likeness (QED) is 0.331. The molecule has 0 radical (unpaired) electrons. The molecule has 3 fully saturated rings. The molecule has 0 bridgehead atoms. The predicted octanol–water partition coefficient (Wildman–Crippen LogP) is 7.57. The molecule has 4 rings (SSSR count). The van der Waals surface area contributed by atoms with Crippen LogP contribution in [0.1, 0.15) is 105 Å². The van der Waals surface area contributed by atoms with Crippen LogP contribution in [-0.4, -0.2) is 12.1 Å². The number of allylic oxidation sites excluding steroid dienone is 1. The molecule has 0 saturated heterocycles. The Bertz CT molecular complexity index is 649. The highest BCUT2D eigenvalue weighted by Crippen LogP contribution is 2.63. The Morgan fingerprint density at radius 2 is 1.83 bits per heavy atom. The van der Waals surface area contributed by atoms with Crippen molar-refractivity contribution in [3.8, 4) is 0 Å². The molecule has 0 aromatic rings. The van der Waals surface area contributed by atoms with Gasteiger partial charge in [0.25, 0.3) is 0 Å². The van der Waals surface area contributed by atoms with Gasteiger partial charge in [0.1, 0.15) is 6.10 Å². The van der Waals surface area contributed by atoms with Crippen LogP contribution in [0.3, 0.4) is 0 Å². The molecule has 2 heteroatoms. The van der Waals surface area contributed by atoms with Crippen molar-refractivity contribution in [3.63, 3.8) is 0 Å². The summed E-state index contributed by atoms with van der Waals surface area (Å²) in [5.74, 6) is 6.39. The normalized spacial score (nSPS) is 41.5. The standard InChI is InChI=1S/C28H46O2/c1-18(2)7-6-8-19(3)23-11-12-25-24(23)13-14-27-26(25)10-9-21-17-22(30-20(4)29)15-16-28(21,27)5/h9,18-19,22-27H,6-8,10-17H2,1-5H3/t19?,22-,23+,24?,25?,26?,27?,28-/m0/s1. The first-order valence-electron chi connectivity index (χ1n) is 13.2. The van der Waals surface area contributed by atoms with E-state index >= 15 is 0 Å². The van der Waals surface area contributed by atoms with Crippen LogP contribution >= 0.6 is 0 Å².